The van der Waals surface area contributed by atoms with Gasteiger partial charge in [0.05, 0.1) is 22.0 Å². The number of fused-ring (bicyclic) bond motifs is 1. The minimum absolute atomic E-state index is 0.113. The molecule has 7 heteroatoms. The quantitative estimate of drug-likeness (QED) is 0.310. The van der Waals surface area contributed by atoms with Gasteiger partial charge in [0.25, 0.3) is 0 Å². The molecule has 5 rings (SSSR count). The Morgan fingerprint density at radius 3 is 2.35 bits per heavy atom. The molecule has 0 saturated heterocycles. The smallest absolute Gasteiger partial charge is 0.307 e. The lowest BCUT2D eigenvalue weighted by molar-refractivity contribution is -0.141. The van der Waals surface area contributed by atoms with Crippen molar-refractivity contribution in [3.8, 4) is 11.3 Å². The summed E-state index contributed by atoms with van der Waals surface area (Å²) in [7, 11) is -3.87. The van der Waals surface area contributed by atoms with Gasteiger partial charge in [-0.2, -0.15) is 0 Å². The van der Waals surface area contributed by atoms with Gasteiger partial charge in [-0.3, -0.25) is 4.79 Å². The van der Waals surface area contributed by atoms with Gasteiger partial charge in [-0.1, -0.05) is 30.3 Å². The standard InChI is InChI=1S/C30H29NO5S/c1-20(2)31(25-14-12-21(13-15-25)27-9-6-16-36-27)19-23-7-3-4-10-28(23)37(34,35)29-11-5-8-22-17-24(30(32)33)18-26(22)29/h3-16,20,24H,17-19H2,1-2H3,(H,32,33)/t24-/m0/s1. The maximum Gasteiger partial charge on any atom is 0.307 e. The van der Waals surface area contributed by atoms with Gasteiger partial charge in [0.1, 0.15) is 5.76 Å². The molecule has 1 atom stereocenters. The molecule has 3 aromatic carbocycles. The highest BCUT2D eigenvalue weighted by atomic mass is 32.2. The molecular formula is C30H29NO5S. The second-order valence-corrected chi connectivity index (χ2v) is 11.6. The Kier molecular flexibility index (Phi) is 6.65. The molecule has 0 spiro atoms. The molecule has 1 N–H and O–H groups in total. The molecule has 4 aromatic rings. The third kappa shape index (κ3) is 4.79. The Bertz CT molecular complexity index is 1520. The maximum absolute atomic E-state index is 14.0. The zero-order valence-corrected chi connectivity index (χ0v) is 21.6. The van der Waals surface area contributed by atoms with Gasteiger partial charge in [-0.05, 0) is 91.9 Å². The highest BCUT2D eigenvalue weighted by molar-refractivity contribution is 7.91. The third-order valence-corrected chi connectivity index (χ3v) is 8.96. The summed E-state index contributed by atoms with van der Waals surface area (Å²) in [4.78, 5) is 14.2. The van der Waals surface area contributed by atoms with Crippen molar-refractivity contribution in [1.29, 1.82) is 0 Å². The van der Waals surface area contributed by atoms with Gasteiger partial charge < -0.3 is 14.4 Å². The fourth-order valence-electron chi connectivity index (χ4n) is 5.08. The minimum atomic E-state index is -3.87. The number of anilines is 1. The van der Waals surface area contributed by atoms with E-state index in [1.807, 2.05) is 54.6 Å². The summed E-state index contributed by atoms with van der Waals surface area (Å²) >= 11 is 0. The Morgan fingerprint density at radius 1 is 0.946 bits per heavy atom. The van der Waals surface area contributed by atoms with E-state index in [1.165, 1.54) is 0 Å². The van der Waals surface area contributed by atoms with E-state index in [0.29, 0.717) is 24.1 Å². The summed E-state index contributed by atoms with van der Waals surface area (Å²) in [5, 5.41) is 9.51. The van der Waals surface area contributed by atoms with Crippen molar-refractivity contribution in [3.05, 3.63) is 102 Å². The number of hydrogen-bond donors (Lipinski definition) is 1. The predicted octanol–water partition coefficient (Wildman–Crippen LogP) is 5.99. The number of carboxylic acids is 1. The average Bonchev–Trinajstić information content (AvgIpc) is 3.58. The Morgan fingerprint density at radius 2 is 1.68 bits per heavy atom. The van der Waals surface area contributed by atoms with E-state index >= 15 is 0 Å². The first-order valence-corrected chi connectivity index (χ1v) is 13.8. The highest BCUT2D eigenvalue weighted by Crippen LogP contribution is 2.36. The van der Waals surface area contributed by atoms with E-state index in [2.05, 4.69) is 18.7 Å². The summed E-state index contributed by atoms with van der Waals surface area (Å²) in [6.07, 6.45) is 2.22. The van der Waals surface area contributed by atoms with Crippen molar-refractivity contribution in [2.45, 2.75) is 49.1 Å². The molecule has 1 aliphatic rings. The second-order valence-electron chi connectivity index (χ2n) is 9.69. The monoisotopic (exact) mass is 515 g/mol. The number of nitrogens with zero attached hydrogens (tertiary/aromatic N) is 1. The van der Waals surface area contributed by atoms with Crippen LogP contribution in [0.15, 0.2) is 99.3 Å². The third-order valence-electron chi connectivity index (χ3n) is 7.02. The molecule has 1 aliphatic carbocycles. The number of carbonyl (C=O) groups is 1. The van der Waals surface area contributed by atoms with Crippen LogP contribution in [0.25, 0.3) is 11.3 Å². The lowest BCUT2D eigenvalue weighted by Crippen LogP contribution is -2.30. The average molecular weight is 516 g/mol. The van der Waals surface area contributed by atoms with E-state index in [-0.39, 0.29) is 22.3 Å². The first kappa shape index (κ1) is 24.8. The van der Waals surface area contributed by atoms with Gasteiger partial charge in [-0.25, -0.2) is 8.42 Å². The molecule has 0 fully saturated rings. The van der Waals surface area contributed by atoms with E-state index in [9.17, 15) is 18.3 Å². The Balaban J connectivity index is 1.49. The molecule has 37 heavy (non-hydrogen) atoms. The van der Waals surface area contributed by atoms with Crippen molar-refractivity contribution in [2.75, 3.05) is 4.90 Å². The molecule has 0 aliphatic heterocycles. The predicted molar refractivity (Wildman–Crippen MR) is 142 cm³/mol. The summed E-state index contributed by atoms with van der Waals surface area (Å²) in [6, 6.07) is 24.1. The van der Waals surface area contributed by atoms with E-state index in [0.717, 1.165) is 22.6 Å². The van der Waals surface area contributed by atoms with Gasteiger partial charge in [-0.15, -0.1) is 0 Å². The summed E-state index contributed by atoms with van der Waals surface area (Å²) in [5.41, 5.74) is 4.06. The van der Waals surface area contributed by atoms with Gasteiger partial charge in [0.2, 0.25) is 9.84 Å². The number of hydrogen-bond acceptors (Lipinski definition) is 5. The molecule has 0 saturated carbocycles. The fourth-order valence-corrected chi connectivity index (χ4v) is 6.84. The Hall–Kier alpha value is -3.84. The summed E-state index contributed by atoms with van der Waals surface area (Å²) in [6.45, 7) is 4.56. The number of furan rings is 1. The van der Waals surface area contributed by atoms with Crippen LogP contribution in [-0.4, -0.2) is 25.5 Å². The van der Waals surface area contributed by atoms with Crippen LogP contribution in [0, 0.1) is 5.92 Å². The topological polar surface area (TPSA) is 87.8 Å². The first-order valence-electron chi connectivity index (χ1n) is 12.3. The SMILES string of the molecule is CC(C)N(Cc1ccccc1S(=O)(=O)c1cccc2c1C[C@@H](C(=O)O)C2)c1ccc(-c2ccco2)cc1. The molecule has 0 amide bonds. The normalized spacial score (nSPS) is 15.1. The molecule has 0 bridgehead atoms. The van der Waals surface area contributed by atoms with E-state index < -0.39 is 21.7 Å². The lowest BCUT2D eigenvalue weighted by atomic mass is 10.1. The number of benzene rings is 3. The largest absolute Gasteiger partial charge is 0.481 e. The van der Waals surface area contributed by atoms with Crippen LogP contribution in [0.5, 0.6) is 0 Å². The van der Waals surface area contributed by atoms with E-state index in [4.69, 9.17) is 4.42 Å². The Labute approximate surface area is 217 Å². The van der Waals surface area contributed by atoms with Crippen LogP contribution >= 0.6 is 0 Å². The molecule has 1 aromatic heterocycles. The van der Waals surface area contributed by atoms with Crippen molar-refractivity contribution in [1.82, 2.24) is 0 Å². The summed E-state index contributed by atoms with van der Waals surface area (Å²) < 4.78 is 33.5. The second kappa shape index (κ2) is 9.90. The first-order chi connectivity index (χ1) is 17.8. The number of sulfone groups is 1. The molecule has 190 valence electrons. The zero-order chi connectivity index (χ0) is 26.2. The van der Waals surface area contributed by atoms with Gasteiger partial charge >= 0.3 is 5.97 Å². The van der Waals surface area contributed by atoms with Crippen molar-refractivity contribution >= 4 is 21.5 Å². The summed E-state index contributed by atoms with van der Waals surface area (Å²) in [5.74, 6) is -0.701. The molecule has 0 radical (unpaired) electrons. The minimum Gasteiger partial charge on any atom is -0.481 e. The van der Waals surface area contributed by atoms with Crippen molar-refractivity contribution < 1.29 is 22.7 Å². The number of carboxylic acid groups (broad SMARTS) is 1. The molecular weight excluding hydrogens is 486 g/mol. The van der Waals surface area contributed by atoms with Crippen LogP contribution in [0.4, 0.5) is 5.69 Å². The van der Waals surface area contributed by atoms with Gasteiger partial charge in [0.15, 0.2) is 0 Å². The maximum atomic E-state index is 14.0. The number of rotatable bonds is 8. The molecule has 0 unspecified atom stereocenters. The van der Waals surface area contributed by atoms with Crippen LogP contribution in [-0.2, 0) is 34.0 Å². The van der Waals surface area contributed by atoms with Crippen LogP contribution < -0.4 is 4.90 Å². The van der Waals surface area contributed by atoms with Crippen molar-refractivity contribution in [2.24, 2.45) is 5.92 Å². The van der Waals surface area contributed by atoms with E-state index in [1.54, 1.807) is 30.5 Å². The van der Waals surface area contributed by atoms with Crippen LogP contribution in [0.3, 0.4) is 0 Å². The molecule has 6 nitrogen and oxygen atoms in total. The van der Waals surface area contributed by atoms with Crippen molar-refractivity contribution in [3.63, 3.8) is 0 Å². The van der Waals surface area contributed by atoms with Crippen LogP contribution in [0.2, 0.25) is 0 Å². The number of aliphatic carboxylic acids is 1. The fraction of sp³-hybridized carbons (Fsp3) is 0.233. The van der Waals surface area contributed by atoms with Crippen LogP contribution in [0.1, 0.15) is 30.5 Å². The van der Waals surface area contributed by atoms with Gasteiger partial charge in [0, 0.05) is 23.8 Å². The lowest BCUT2D eigenvalue weighted by Gasteiger charge is -2.30. The molecule has 1 heterocycles. The highest BCUT2D eigenvalue weighted by Gasteiger charge is 2.33. The zero-order valence-electron chi connectivity index (χ0n) is 20.8.